The van der Waals surface area contributed by atoms with Crippen molar-refractivity contribution in [2.45, 2.75) is 13.8 Å². The fourth-order valence-electron chi connectivity index (χ4n) is 1.88. The number of carbonyl (C=O) groups is 1. The Morgan fingerprint density at radius 2 is 2.28 bits per heavy atom. The minimum atomic E-state index is -0.0251. The monoisotopic (exact) mass is 248 g/mol. The summed E-state index contributed by atoms with van der Waals surface area (Å²) in [4.78, 5) is 12.0. The summed E-state index contributed by atoms with van der Waals surface area (Å²) in [6.07, 6.45) is 0. The average Bonchev–Trinajstić information content (AvgIpc) is 2.30. The highest BCUT2D eigenvalue weighted by Gasteiger charge is 2.17. The molecule has 0 aromatic heterocycles. The van der Waals surface area contributed by atoms with Crippen LogP contribution in [-0.4, -0.2) is 32.1 Å². The molecule has 0 saturated carbocycles. The number of carbonyl (C=O) groups excluding carboxylic acids is 1. The molecule has 1 saturated heterocycles. The predicted molar refractivity (Wildman–Crippen MR) is 71.0 cm³/mol. The topological polar surface area (TPSA) is 50.4 Å². The van der Waals surface area contributed by atoms with Gasteiger partial charge in [-0.2, -0.15) is 0 Å². The lowest BCUT2D eigenvalue weighted by Crippen LogP contribution is -2.48. The van der Waals surface area contributed by atoms with Gasteiger partial charge < -0.3 is 15.4 Å². The lowest BCUT2D eigenvalue weighted by molar-refractivity contribution is 0.0942. The Hall–Kier alpha value is -1.55. The molecular weight excluding hydrogens is 228 g/mol. The molecule has 1 aromatic rings. The van der Waals surface area contributed by atoms with Crippen LogP contribution in [0.1, 0.15) is 22.8 Å². The molecule has 0 radical (unpaired) electrons. The number of ether oxygens (including phenoxy) is 1. The van der Waals surface area contributed by atoms with Crippen molar-refractivity contribution in [1.29, 1.82) is 0 Å². The van der Waals surface area contributed by atoms with Gasteiger partial charge in [0.1, 0.15) is 5.75 Å². The predicted octanol–water partition coefficient (Wildman–Crippen LogP) is 1.34. The van der Waals surface area contributed by atoms with Crippen molar-refractivity contribution in [2.24, 2.45) is 5.92 Å². The van der Waals surface area contributed by atoms with Gasteiger partial charge in [0, 0.05) is 31.1 Å². The molecule has 0 bridgehead atoms. The molecular formula is C14H20N2O2. The van der Waals surface area contributed by atoms with E-state index < -0.39 is 0 Å². The van der Waals surface area contributed by atoms with Gasteiger partial charge in [0.05, 0.1) is 6.61 Å². The van der Waals surface area contributed by atoms with Gasteiger partial charge in [-0.15, -0.1) is 0 Å². The molecule has 2 rings (SSSR count). The van der Waals surface area contributed by atoms with Gasteiger partial charge in [0.2, 0.25) is 0 Å². The third-order valence-electron chi connectivity index (χ3n) is 3.17. The van der Waals surface area contributed by atoms with Crippen LogP contribution >= 0.6 is 0 Å². The summed E-state index contributed by atoms with van der Waals surface area (Å²) in [5.41, 5.74) is 1.72. The molecule has 0 aliphatic carbocycles. The van der Waals surface area contributed by atoms with E-state index in [4.69, 9.17) is 4.74 Å². The summed E-state index contributed by atoms with van der Waals surface area (Å²) in [6.45, 7) is 7.27. The van der Waals surface area contributed by atoms with Crippen molar-refractivity contribution in [3.63, 3.8) is 0 Å². The summed E-state index contributed by atoms with van der Waals surface area (Å²) >= 11 is 0. The largest absolute Gasteiger partial charge is 0.494 e. The first-order valence-corrected chi connectivity index (χ1v) is 6.43. The summed E-state index contributed by atoms with van der Waals surface area (Å²) in [5, 5.41) is 6.14. The molecule has 0 unspecified atom stereocenters. The van der Waals surface area contributed by atoms with Crippen molar-refractivity contribution in [1.82, 2.24) is 10.6 Å². The van der Waals surface area contributed by atoms with Crippen LogP contribution in [0.5, 0.6) is 5.75 Å². The summed E-state index contributed by atoms with van der Waals surface area (Å²) in [7, 11) is 0. The van der Waals surface area contributed by atoms with Crippen LogP contribution in [0.4, 0.5) is 0 Å². The summed E-state index contributed by atoms with van der Waals surface area (Å²) < 4.78 is 5.50. The molecule has 1 fully saturated rings. The van der Waals surface area contributed by atoms with Crippen LogP contribution in [0.2, 0.25) is 0 Å². The van der Waals surface area contributed by atoms with Gasteiger partial charge in [-0.1, -0.05) is 6.07 Å². The number of rotatable bonds is 5. The van der Waals surface area contributed by atoms with E-state index in [9.17, 15) is 4.79 Å². The van der Waals surface area contributed by atoms with Crippen LogP contribution in [-0.2, 0) is 0 Å². The van der Waals surface area contributed by atoms with Gasteiger partial charge in [-0.3, -0.25) is 4.79 Å². The lowest BCUT2D eigenvalue weighted by atomic mass is 10.0. The molecule has 18 heavy (non-hydrogen) atoms. The van der Waals surface area contributed by atoms with E-state index in [1.54, 1.807) is 0 Å². The van der Waals surface area contributed by atoms with E-state index in [1.807, 2.05) is 32.0 Å². The van der Waals surface area contributed by atoms with Gasteiger partial charge in [0.25, 0.3) is 5.91 Å². The molecule has 4 nitrogen and oxygen atoms in total. The number of nitrogens with one attached hydrogen (secondary N) is 2. The van der Waals surface area contributed by atoms with Crippen molar-refractivity contribution in [2.75, 3.05) is 26.2 Å². The molecule has 1 aromatic carbocycles. The smallest absolute Gasteiger partial charge is 0.251 e. The zero-order valence-corrected chi connectivity index (χ0v) is 11.0. The maximum atomic E-state index is 12.0. The van der Waals surface area contributed by atoms with Crippen molar-refractivity contribution in [3.8, 4) is 5.75 Å². The van der Waals surface area contributed by atoms with Crippen molar-refractivity contribution >= 4 is 5.91 Å². The zero-order valence-electron chi connectivity index (χ0n) is 11.0. The number of hydrogen-bond donors (Lipinski definition) is 2. The van der Waals surface area contributed by atoms with Crippen LogP contribution in [0.3, 0.4) is 0 Å². The quantitative estimate of drug-likeness (QED) is 0.827. The van der Waals surface area contributed by atoms with Crippen LogP contribution in [0.25, 0.3) is 0 Å². The fourth-order valence-corrected chi connectivity index (χ4v) is 1.88. The molecule has 2 N–H and O–H groups in total. The van der Waals surface area contributed by atoms with Crippen LogP contribution in [0, 0.1) is 12.8 Å². The molecule has 1 heterocycles. The number of hydrogen-bond acceptors (Lipinski definition) is 3. The maximum absolute atomic E-state index is 12.0. The Kier molecular flexibility index (Phi) is 4.20. The SMILES string of the molecule is CCOc1cc(C(=O)NCC2CNC2)ccc1C. The Morgan fingerprint density at radius 3 is 2.89 bits per heavy atom. The second kappa shape index (κ2) is 5.87. The van der Waals surface area contributed by atoms with E-state index in [2.05, 4.69) is 10.6 Å². The third kappa shape index (κ3) is 3.01. The van der Waals surface area contributed by atoms with E-state index in [0.29, 0.717) is 18.1 Å². The molecule has 0 spiro atoms. The highest BCUT2D eigenvalue weighted by molar-refractivity contribution is 5.94. The number of amides is 1. The minimum absolute atomic E-state index is 0.0251. The molecule has 1 aliphatic rings. The normalized spacial score (nSPS) is 15.0. The van der Waals surface area contributed by atoms with Gasteiger partial charge >= 0.3 is 0 Å². The molecule has 1 aliphatic heterocycles. The highest BCUT2D eigenvalue weighted by atomic mass is 16.5. The second-order valence-electron chi connectivity index (χ2n) is 4.65. The Labute approximate surface area is 108 Å². The second-order valence-corrected chi connectivity index (χ2v) is 4.65. The molecule has 0 atom stereocenters. The summed E-state index contributed by atoms with van der Waals surface area (Å²) in [5.74, 6) is 1.34. The van der Waals surface area contributed by atoms with E-state index in [0.717, 1.165) is 30.9 Å². The van der Waals surface area contributed by atoms with Gasteiger partial charge in [0.15, 0.2) is 0 Å². The fraction of sp³-hybridized carbons (Fsp3) is 0.500. The molecule has 4 heteroatoms. The standard InChI is InChI=1S/C14H20N2O2/c1-3-18-13-6-12(5-4-10(13)2)14(17)16-9-11-7-15-8-11/h4-6,11,15H,3,7-9H2,1-2H3,(H,16,17). The first-order chi connectivity index (χ1) is 8.70. The Balaban J connectivity index is 1.97. The molecule has 1 amide bonds. The highest BCUT2D eigenvalue weighted by Crippen LogP contribution is 2.19. The van der Waals surface area contributed by atoms with Crippen molar-refractivity contribution < 1.29 is 9.53 Å². The zero-order chi connectivity index (χ0) is 13.0. The van der Waals surface area contributed by atoms with E-state index in [-0.39, 0.29) is 5.91 Å². The van der Waals surface area contributed by atoms with Gasteiger partial charge in [-0.05, 0) is 31.5 Å². The number of benzene rings is 1. The first-order valence-electron chi connectivity index (χ1n) is 6.43. The van der Waals surface area contributed by atoms with Crippen LogP contribution < -0.4 is 15.4 Å². The lowest BCUT2D eigenvalue weighted by Gasteiger charge is -2.27. The van der Waals surface area contributed by atoms with Crippen molar-refractivity contribution in [3.05, 3.63) is 29.3 Å². The van der Waals surface area contributed by atoms with E-state index in [1.165, 1.54) is 0 Å². The maximum Gasteiger partial charge on any atom is 0.251 e. The summed E-state index contributed by atoms with van der Waals surface area (Å²) in [6, 6.07) is 5.57. The van der Waals surface area contributed by atoms with Crippen LogP contribution in [0.15, 0.2) is 18.2 Å². The Bertz CT molecular complexity index is 428. The Morgan fingerprint density at radius 1 is 1.50 bits per heavy atom. The average molecular weight is 248 g/mol. The molecule has 98 valence electrons. The van der Waals surface area contributed by atoms with Gasteiger partial charge in [-0.25, -0.2) is 0 Å². The first kappa shape index (κ1) is 12.9. The third-order valence-corrected chi connectivity index (χ3v) is 3.17. The minimum Gasteiger partial charge on any atom is -0.494 e. The van der Waals surface area contributed by atoms with E-state index >= 15 is 0 Å². The number of aryl methyl sites for hydroxylation is 1.